The number of carbonyl (C=O) groups is 2. The van der Waals surface area contributed by atoms with Gasteiger partial charge >= 0.3 is 0 Å². The Morgan fingerprint density at radius 3 is 2.79 bits per heavy atom. The number of hydrogen-bond donors (Lipinski definition) is 1. The second-order valence-electron chi connectivity index (χ2n) is 6.19. The van der Waals surface area contributed by atoms with Crippen LogP contribution in [0.25, 0.3) is 16.9 Å². The number of anilines is 1. The van der Waals surface area contributed by atoms with E-state index in [1.54, 1.807) is 41.2 Å². The number of benzene rings is 1. The van der Waals surface area contributed by atoms with Crippen LogP contribution in [-0.4, -0.2) is 42.2 Å². The minimum atomic E-state index is -0.212. The molecule has 0 spiro atoms. The zero-order valence-electron chi connectivity index (χ0n) is 15.4. The molecular weight excluding hydrogens is 388 g/mol. The van der Waals surface area contributed by atoms with Crippen molar-refractivity contribution >= 4 is 34.8 Å². The number of fused-ring (bicyclic) bond motifs is 1. The summed E-state index contributed by atoms with van der Waals surface area (Å²) in [7, 11) is 0. The molecule has 9 heteroatoms. The molecule has 0 fully saturated rings. The van der Waals surface area contributed by atoms with Gasteiger partial charge in [0.05, 0.1) is 11.4 Å². The maximum atomic E-state index is 12.3. The van der Waals surface area contributed by atoms with Crippen LogP contribution in [-0.2, 0) is 4.79 Å². The molecule has 0 unspecified atom stereocenters. The Kier molecular flexibility index (Phi) is 5.30. The fourth-order valence-electron chi connectivity index (χ4n) is 2.67. The molecular formula is C20H16N6O2S. The Hall–Kier alpha value is -3.59. The standard InChI is InChI=1S/C20H16N6O2S/c1-13(27)14-4-2-6-16(10-14)22-19(28)12-29-20-24-23-18-8-7-17(25-26(18)20)15-5-3-9-21-11-15/h2-11H,12H2,1H3,(H,22,28). The Balaban J connectivity index is 1.47. The maximum Gasteiger partial charge on any atom is 0.234 e. The van der Waals surface area contributed by atoms with Gasteiger partial charge in [-0.2, -0.15) is 9.61 Å². The number of aromatic nitrogens is 5. The Morgan fingerprint density at radius 1 is 1.10 bits per heavy atom. The lowest BCUT2D eigenvalue weighted by Crippen LogP contribution is -2.14. The number of Topliss-reactive ketones (excluding diaryl/α,β-unsaturated/α-hetero) is 1. The van der Waals surface area contributed by atoms with E-state index in [1.165, 1.54) is 18.7 Å². The number of pyridine rings is 1. The summed E-state index contributed by atoms with van der Waals surface area (Å²) in [5.74, 6) is -0.138. The number of nitrogens with zero attached hydrogens (tertiary/aromatic N) is 5. The topological polar surface area (TPSA) is 102 Å². The molecule has 0 saturated heterocycles. The molecule has 0 saturated carbocycles. The molecule has 3 heterocycles. The highest BCUT2D eigenvalue weighted by Crippen LogP contribution is 2.20. The molecule has 8 nitrogen and oxygen atoms in total. The molecule has 1 aromatic carbocycles. The number of carbonyl (C=O) groups excluding carboxylic acids is 2. The number of hydrogen-bond acceptors (Lipinski definition) is 7. The van der Waals surface area contributed by atoms with Gasteiger partial charge < -0.3 is 5.32 Å². The van der Waals surface area contributed by atoms with Crippen molar-refractivity contribution in [3.63, 3.8) is 0 Å². The highest BCUT2D eigenvalue weighted by molar-refractivity contribution is 7.99. The molecule has 0 atom stereocenters. The van der Waals surface area contributed by atoms with Crippen LogP contribution in [0.5, 0.6) is 0 Å². The van der Waals surface area contributed by atoms with Crippen molar-refractivity contribution in [2.24, 2.45) is 0 Å². The monoisotopic (exact) mass is 404 g/mol. The van der Waals surface area contributed by atoms with Crippen molar-refractivity contribution in [1.82, 2.24) is 24.8 Å². The molecule has 0 aliphatic heterocycles. The Morgan fingerprint density at radius 2 is 2.00 bits per heavy atom. The van der Waals surface area contributed by atoms with Crippen LogP contribution in [0.1, 0.15) is 17.3 Å². The molecule has 1 N–H and O–H groups in total. The van der Waals surface area contributed by atoms with Crippen LogP contribution in [0.3, 0.4) is 0 Å². The van der Waals surface area contributed by atoms with Crippen molar-refractivity contribution in [3.8, 4) is 11.3 Å². The third-order valence-corrected chi connectivity index (χ3v) is 5.00. The molecule has 0 bridgehead atoms. The van der Waals surface area contributed by atoms with Gasteiger partial charge in [-0.1, -0.05) is 23.9 Å². The van der Waals surface area contributed by atoms with Crippen LogP contribution in [0.4, 0.5) is 5.69 Å². The van der Waals surface area contributed by atoms with Gasteiger partial charge in [-0.25, -0.2) is 0 Å². The average Bonchev–Trinajstić information content (AvgIpc) is 3.15. The molecule has 1 amide bonds. The van der Waals surface area contributed by atoms with Crippen LogP contribution >= 0.6 is 11.8 Å². The van der Waals surface area contributed by atoms with Gasteiger partial charge in [0, 0.05) is 29.2 Å². The first kappa shape index (κ1) is 18.8. The summed E-state index contributed by atoms with van der Waals surface area (Å²) in [5.41, 5.74) is 3.33. The summed E-state index contributed by atoms with van der Waals surface area (Å²) in [6.45, 7) is 1.49. The van der Waals surface area contributed by atoms with Crippen molar-refractivity contribution in [1.29, 1.82) is 0 Å². The summed E-state index contributed by atoms with van der Waals surface area (Å²) >= 11 is 1.23. The Bertz CT molecular complexity index is 1190. The number of thioether (sulfide) groups is 1. The van der Waals surface area contributed by atoms with E-state index < -0.39 is 0 Å². The summed E-state index contributed by atoms with van der Waals surface area (Å²) in [6, 6.07) is 14.3. The second-order valence-corrected chi connectivity index (χ2v) is 7.13. The molecule has 144 valence electrons. The summed E-state index contributed by atoms with van der Waals surface area (Å²) < 4.78 is 1.61. The highest BCUT2D eigenvalue weighted by Gasteiger charge is 2.12. The third-order valence-electron chi connectivity index (χ3n) is 4.08. The zero-order chi connectivity index (χ0) is 20.2. The normalized spacial score (nSPS) is 10.8. The van der Waals surface area contributed by atoms with Crippen LogP contribution in [0, 0.1) is 0 Å². The quantitative estimate of drug-likeness (QED) is 0.389. The zero-order valence-corrected chi connectivity index (χ0v) is 16.3. The van der Waals surface area contributed by atoms with Crippen molar-refractivity contribution in [2.75, 3.05) is 11.1 Å². The van der Waals surface area contributed by atoms with Gasteiger partial charge in [0.25, 0.3) is 0 Å². The number of rotatable bonds is 6. The van der Waals surface area contributed by atoms with Gasteiger partial charge in [-0.15, -0.1) is 10.2 Å². The van der Waals surface area contributed by atoms with Gasteiger partial charge in [0.1, 0.15) is 0 Å². The minimum Gasteiger partial charge on any atom is -0.325 e. The molecule has 3 aromatic heterocycles. The lowest BCUT2D eigenvalue weighted by atomic mass is 10.1. The molecule has 0 radical (unpaired) electrons. The third kappa shape index (κ3) is 4.30. The van der Waals surface area contributed by atoms with E-state index in [0.717, 1.165) is 11.3 Å². The van der Waals surface area contributed by atoms with E-state index in [9.17, 15) is 9.59 Å². The van der Waals surface area contributed by atoms with Crippen LogP contribution < -0.4 is 5.32 Å². The first-order valence-electron chi connectivity index (χ1n) is 8.77. The number of amides is 1. The van der Waals surface area contributed by atoms with Gasteiger partial charge in [0.2, 0.25) is 11.1 Å². The largest absolute Gasteiger partial charge is 0.325 e. The predicted molar refractivity (Wildman–Crippen MR) is 110 cm³/mol. The Labute approximate surface area is 170 Å². The SMILES string of the molecule is CC(=O)c1cccc(NC(=O)CSc2nnc3ccc(-c4cccnc4)nn23)c1. The fraction of sp³-hybridized carbons (Fsp3) is 0.100. The summed E-state index contributed by atoms with van der Waals surface area (Å²) in [6.07, 6.45) is 3.43. The van der Waals surface area contributed by atoms with Crippen LogP contribution in [0.15, 0.2) is 66.1 Å². The van der Waals surface area contributed by atoms with Crippen LogP contribution in [0.2, 0.25) is 0 Å². The molecule has 29 heavy (non-hydrogen) atoms. The molecule has 4 rings (SSSR count). The highest BCUT2D eigenvalue weighted by atomic mass is 32.2. The van der Waals surface area contributed by atoms with E-state index in [2.05, 4.69) is 25.6 Å². The molecule has 4 aromatic rings. The maximum absolute atomic E-state index is 12.3. The first-order valence-corrected chi connectivity index (χ1v) is 9.75. The van der Waals surface area contributed by atoms with Crippen molar-refractivity contribution < 1.29 is 9.59 Å². The molecule has 0 aliphatic carbocycles. The lowest BCUT2D eigenvalue weighted by molar-refractivity contribution is -0.113. The van der Waals surface area contributed by atoms with E-state index in [0.29, 0.717) is 22.1 Å². The smallest absolute Gasteiger partial charge is 0.234 e. The fourth-order valence-corrected chi connectivity index (χ4v) is 3.36. The molecule has 0 aliphatic rings. The van der Waals surface area contributed by atoms with Crippen molar-refractivity contribution in [2.45, 2.75) is 12.1 Å². The van der Waals surface area contributed by atoms with Gasteiger partial charge in [-0.05, 0) is 43.3 Å². The number of nitrogens with one attached hydrogen (secondary N) is 1. The predicted octanol–water partition coefficient (Wildman–Crippen LogP) is 3.12. The lowest BCUT2D eigenvalue weighted by Gasteiger charge is -2.06. The second kappa shape index (κ2) is 8.19. The average molecular weight is 404 g/mol. The van der Waals surface area contributed by atoms with E-state index in [4.69, 9.17) is 0 Å². The van der Waals surface area contributed by atoms with E-state index >= 15 is 0 Å². The van der Waals surface area contributed by atoms with E-state index in [1.807, 2.05) is 24.3 Å². The van der Waals surface area contributed by atoms with E-state index in [-0.39, 0.29) is 17.4 Å². The van der Waals surface area contributed by atoms with Gasteiger partial charge in [0.15, 0.2) is 11.4 Å². The number of ketones is 1. The minimum absolute atomic E-state index is 0.0547. The van der Waals surface area contributed by atoms with Crippen molar-refractivity contribution in [3.05, 3.63) is 66.5 Å². The summed E-state index contributed by atoms with van der Waals surface area (Å²) in [4.78, 5) is 27.9. The first-order chi connectivity index (χ1) is 14.1. The summed E-state index contributed by atoms with van der Waals surface area (Å²) in [5, 5.41) is 16.1. The van der Waals surface area contributed by atoms with Gasteiger partial charge in [-0.3, -0.25) is 14.6 Å².